The molecule has 1 fully saturated rings. The zero-order valence-corrected chi connectivity index (χ0v) is 14.4. The molecular formula is C17H26N4O3. The van der Waals surface area contributed by atoms with Gasteiger partial charge in [-0.05, 0) is 32.3 Å². The maximum atomic E-state index is 10.9. The molecule has 24 heavy (non-hydrogen) atoms. The van der Waals surface area contributed by atoms with Gasteiger partial charge < -0.3 is 15.0 Å². The lowest BCUT2D eigenvalue weighted by atomic mass is 10.1. The van der Waals surface area contributed by atoms with Crippen molar-refractivity contribution >= 4 is 11.6 Å². The molecule has 1 aromatic rings. The maximum Gasteiger partial charge on any atom is 0.269 e. The second-order valence-corrected chi connectivity index (χ2v) is 5.74. The molecule has 2 rings (SSSR count). The van der Waals surface area contributed by atoms with E-state index in [1.807, 2.05) is 19.9 Å². The normalized spacial score (nSPS) is 16.2. The first-order valence-corrected chi connectivity index (χ1v) is 8.52. The molecule has 1 aliphatic heterocycles. The van der Waals surface area contributed by atoms with Gasteiger partial charge in [0.05, 0.1) is 17.6 Å². The summed E-state index contributed by atoms with van der Waals surface area (Å²) in [4.78, 5) is 17.4. The molecule has 132 valence electrons. The molecule has 1 N–H and O–H groups in total. The summed E-state index contributed by atoms with van der Waals surface area (Å²) in [6.07, 6.45) is 2.33. The van der Waals surface area contributed by atoms with E-state index in [1.54, 1.807) is 12.1 Å². The lowest BCUT2D eigenvalue weighted by molar-refractivity contribution is -0.384. The second-order valence-electron chi connectivity index (χ2n) is 5.74. The number of nitrogens with one attached hydrogen (secondary N) is 1. The van der Waals surface area contributed by atoms with Gasteiger partial charge in [0.25, 0.3) is 5.69 Å². The third kappa shape index (κ3) is 5.19. The number of nitro benzene ring substituents is 1. The van der Waals surface area contributed by atoms with Gasteiger partial charge in [0.1, 0.15) is 0 Å². The van der Waals surface area contributed by atoms with E-state index in [2.05, 4.69) is 15.2 Å². The predicted molar refractivity (Wildman–Crippen MR) is 94.1 cm³/mol. The fourth-order valence-electron chi connectivity index (χ4n) is 2.83. The van der Waals surface area contributed by atoms with Crippen LogP contribution < -0.4 is 5.32 Å². The highest BCUT2D eigenvalue weighted by molar-refractivity contribution is 5.80. The quantitative estimate of drug-likeness (QED) is 0.374. The third-order valence-electron chi connectivity index (χ3n) is 4.01. The van der Waals surface area contributed by atoms with Gasteiger partial charge in [-0.25, -0.2) is 4.99 Å². The van der Waals surface area contributed by atoms with E-state index in [0.717, 1.165) is 50.6 Å². The highest BCUT2D eigenvalue weighted by Gasteiger charge is 2.21. The lowest BCUT2D eigenvalue weighted by Crippen LogP contribution is -2.47. The largest absolute Gasteiger partial charge is 0.378 e. The minimum absolute atomic E-state index is 0.102. The van der Waals surface area contributed by atoms with Crippen molar-refractivity contribution in [1.82, 2.24) is 10.2 Å². The van der Waals surface area contributed by atoms with Crippen molar-refractivity contribution in [1.29, 1.82) is 0 Å². The first-order chi connectivity index (χ1) is 11.6. The Morgan fingerprint density at radius 2 is 2.17 bits per heavy atom. The maximum absolute atomic E-state index is 10.9. The molecule has 0 aromatic heterocycles. The van der Waals surface area contributed by atoms with Crippen molar-refractivity contribution in [3.8, 4) is 0 Å². The first-order valence-electron chi connectivity index (χ1n) is 8.52. The molecule has 0 saturated carbocycles. The van der Waals surface area contributed by atoms with Gasteiger partial charge in [-0.1, -0.05) is 12.1 Å². The minimum atomic E-state index is -0.378. The summed E-state index contributed by atoms with van der Waals surface area (Å²) in [6.45, 7) is 7.85. The van der Waals surface area contributed by atoms with Gasteiger partial charge >= 0.3 is 0 Å². The summed E-state index contributed by atoms with van der Waals surface area (Å²) in [5.41, 5.74) is 0.939. The van der Waals surface area contributed by atoms with Crippen LogP contribution in [0.25, 0.3) is 0 Å². The summed E-state index contributed by atoms with van der Waals surface area (Å²) >= 11 is 0. The van der Waals surface area contributed by atoms with Crippen LogP contribution in [-0.4, -0.2) is 48.1 Å². The number of non-ortho nitro benzene ring substituents is 1. The highest BCUT2D eigenvalue weighted by Crippen LogP contribution is 2.16. The van der Waals surface area contributed by atoms with Crippen molar-refractivity contribution in [2.24, 2.45) is 4.99 Å². The number of aliphatic imine (C=N–C) groups is 1. The van der Waals surface area contributed by atoms with Crippen LogP contribution in [-0.2, 0) is 11.3 Å². The number of hydrogen-bond donors (Lipinski definition) is 1. The Balaban J connectivity index is 2.01. The van der Waals surface area contributed by atoms with Gasteiger partial charge in [-0.15, -0.1) is 0 Å². The molecule has 7 heteroatoms. The zero-order valence-electron chi connectivity index (χ0n) is 14.4. The van der Waals surface area contributed by atoms with Gasteiger partial charge in [0, 0.05) is 38.4 Å². The Hall–Kier alpha value is -2.15. The highest BCUT2D eigenvalue weighted by atomic mass is 16.6. The van der Waals surface area contributed by atoms with Crippen molar-refractivity contribution in [2.45, 2.75) is 39.3 Å². The van der Waals surface area contributed by atoms with E-state index in [-0.39, 0.29) is 10.6 Å². The first kappa shape index (κ1) is 18.2. The Kier molecular flexibility index (Phi) is 6.99. The molecule has 0 spiro atoms. The number of nitrogens with zero attached hydrogens (tertiary/aromatic N) is 3. The third-order valence-corrected chi connectivity index (χ3v) is 4.01. The minimum Gasteiger partial charge on any atom is -0.378 e. The Labute approximate surface area is 142 Å². The summed E-state index contributed by atoms with van der Waals surface area (Å²) in [7, 11) is 0. The van der Waals surface area contributed by atoms with Crippen LogP contribution in [0, 0.1) is 10.1 Å². The number of rotatable bonds is 6. The SMILES string of the molecule is CCNC(=NCc1cccc([N+](=O)[O-])c1)N1CCC(OCC)CC1. The fraction of sp³-hybridized carbons (Fsp3) is 0.588. The van der Waals surface area contributed by atoms with E-state index >= 15 is 0 Å². The molecule has 7 nitrogen and oxygen atoms in total. The molecule has 0 unspecified atom stereocenters. The molecular weight excluding hydrogens is 308 g/mol. The monoisotopic (exact) mass is 334 g/mol. The van der Waals surface area contributed by atoms with Crippen molar-refractivity contribution in [3.63, 3.8) is 0 Å². The van der Waals surface area contributed by atoms with E-state index < -0.39 is 0 Å². The molecule has 0 bridgehead atoms. The standard InChI is InChI=1S/C17H26N4O3/c1-3-18-17(20-10-8-16(9-11-20)24-4-2)19-13-14-6-5-7-15(12-14)21(22)23/h5-7,12,16H,3-4,8-11,13H2,1-2H3,(H,18,19). The van der Waals surface area contributed by atoms with Crippen LogP contribution in [0.15, 0.2) is 29.3 Å². The molecule has 1 aliphatic rings. The van der Waals surface area contributed by atoms with Gasteiger partial charge in [0.2, 0.25) is 0 Å². The Morgan fingerprint density at radius 1 is 1.42 bits per heavy atom. The van der Waals surface area contributed by atoms with E-state index in [4.69, 9.17) is 4.74 Å². The molecule has 0 atom stereocenters. The molecule has 0 aliphatic carbocycles. The van der Waals surface area contributed by atoms with E-state index in [1.165, 1.54) is 6.07 Å². The van der Waals surface area contributed by atoms with Gasteiger partial charge in [-0.3, -0.25) is 10.1 Å². The molecule has 1 saturated heterocycles. The number of guanidine groups is 1. The van der Waals surface area contributed by atoms with E-state index in [0.29, 0.717) is 12.6 Å². The molecule has 1 heterocycles. The topological polar surface area (TPSA) is 80.0 Å². The van der Waals surface area contributed by atoms with Crippen LogP contribution in [0.5, 0.6) is 0 Å². The average molecular weight is 334 g/mol. The predicted octanol–water partition coefficient (Wildman–Crippen LogP) is 2.56. The lowest BCUT2D eigenvalue weighted by Gasteiger charge is -2.34. The van der Waals surface area contributed by atoms with Crippen LogP contribution in [0.4, 0.5) is 5.69 Å². The fourth-order valence-corrected chi connectivity index (χ4v) is 2.83. The van der Waals surface area contributed by atoms with Crippen LogP contribution >= 0.6 is 0 Å². The Morgan fingerprint density at radius 3 is 2.79 bits per heavy atom. The van der Waals surface area contributed by atoms with E-state index in [9.17, 15) is 10.1 Å². The molecule has 0 radical (unpaired) electrons. The van der Waals surface area contributed by atoms with Gasteiger partial charge in [0.15, 0.2) is 5.96 Å². The average Bonchev–Trinajstić information content (AvgIpc) is 2.60. The van der Waals surface area contributed by atoms with Crippen LogP contribution in [0.3, 0.4) is 0 Å². The number of piperidine rings is 1. The number of benzene rings is 1. The van der Waals surface area contributed by atoms with Crippen molar-refractivity contribution in [2.75, 3.05) is 26.2 Å². The molecule has 0 amide bonds. The van der Waals surface area contributed by atoms with Crippen LogP contribution in [0.1, 0.15) is 32.3 Å². The number of likely N-dealkylation sites (tertiary alicyclic amines) is 1. The number of ether oxygens (including phenoxy) is 1. The summed E-state index contributed by atoms with van der Waals surface area (Å²) in [5, 5.41) is 14.2. The second kappa shape index (κ2) is 9.22. The van der Waals surface area contributed by atoms with Crippen molar-refractivity contribution in [3.05, 3.63) is 39.9 Å². The number of hydrogen-bond acceptors (Lipinski definition) is 4. The van der Waals surface area contributed by atoms with Crippen LogP contribution in [0.2, 0.25) is 0 Å². The summed E-state index contributed by atoms with van der Waals surface area (Å²) in [5.74, 6) is 0.860. The van der Waals surface area contributed by atoms with Crippen molar-refractivity contribution < 1.29 is 9.66 Å². The summed E-state index contributed by atoms with van der Waals surface area (Å²) in [6, 6.07) is 6.64. The zero-order chi connectivity index (χ0) is 17.4. The summed E-state index contributed by atoms with van der Waals surface area (Å²) < 4.78 is 5.68. The Bertz CT molecular complexity index is 569. The number of nitro groups is 1. The smallest absolute Gasteiger partial charge is 0.269 e. The van der Waals surface area contributed by atoms with Gasteiger partial charge in [-0.2, -0.15) is 0 Å². The molecule has 1 aromatic carbocycles.